The fraction of sp³-hybridized carbons (Fsp3) is 0.250. The first-order chi connectivity index (χ1) is 11.3. The predicted molar refractivity (Wildman–Crippen MR) is 94.3 cm³/mol. The van der Waals surface area contributed by atoms with Crippen molar-refractivity contribution in [3.63, 3.8) is 0 Å². The number of nitrogens with zero attached hydrogens (tertiary/aromatic N) is 4. The van der Waals surface area contributed by atoms with Crippen LogP contribution >= 0.6 is 0 Å². The average Bonchev–Trinajstić information content (AvgIpc) is 2.98. The van der Waals surface area contributed by atoms with Gasteiger partial charge in [-0.2, -0.15) is 0 Å². The zero-order valence-electron chi connectivity index (χ0n) is 13.8. The van der Waals surface area contributed by atoms with E-state index >= 15 is 0 Å². The molecule has 0 amide bonds. The minimum Gasteiger partial charge on any atom is -0.376 e. The fourth-order valence-corrected chi connectivity index (χ4v) is 3.32. The van der Waals surface area contributed by atoms with Gasteiger partial charge in [-0.25, -0.2) is 18.5 Å². The maximum absolute atomic E-state index is 11.7. The minimum atomic E-state index is -3.88. The van der Waals surface area contributed by atoms with Crippen LogP contribution in [0.5, 0.6) is 0 Å². The number of imidazole rings is 1. The van der Waals surface area contributed by atoms with Gasteiger partial charge in [0.25, 0.3) is 10.0 Å². The van der Waals surface area contributed by atoms with E-state index in [0.29, 0.717) is 12.2 Å². The van der Waals surface area contributed by atoms with Crippen LogP contribution in [0.15, 0.2) is 41.8 Å². The quantitative estimate of drug-likeness (QED) is 0.778. The van der Waals surface area contributed by atoms with Crippen molar-refractivity contribution in [3.05, 3.63) is 36.7 Å². The van der Waals surface area contributed by atoms with Crippen LogP contribution in [0.4, 0.5) is 5.69 Å². The van der Waals surface area contributed by atoms with Crippen molar-refractivity contribution in [2.45, 2.75) is 18.6 Å². The second-order valence-electron chi connectivity index (χ2n) is 5.70. The molecule has 7 nitrogen and oxygen atoms in total. The molecule has 0 radical (unpaired) electrons. The van der Waals surface area contributed by atoms with Gasteiger partial charge in [0.1, 0.15) is 0 Å². The molecule has 0 bridgehead atoms. The number of rotatable bonds is 4. The Morgan fingerprint density at radius 1 is 1.29 bits per heavy atom. The Labute approximate surface area is 140 Å². The lowest BCUT2D eigenvalue weighted by Gasteiger charge is -2.13. The van der Waals surface area contributed by atoms with E-state index in [4.69, 9.17) is 5.14 Å². The molecule has 2 heterocycles. The van der Waals surface area contributed by atoms with E-state index in [1.165, 1.54) is 4.57 Å². The lowest BCUT2D eigenvalue weighted by atomic mass is 10.1. The summed E-state index contributed by atoms with van der Waals surface area (Å²) >= 11 is 0. The van der Waals surface area contributed by atoms with Crippen LogP contribution < -0.4 is 10.0 Å². The molecule has 0 atom stereocenters. The SMILES string of the molecule is CCn1cc(-c2cccc3cc(N(C)C)cnc23)nc1S(N)(=O)=O. The number of hydrogen-bond acceptors (Lipinski definition) is 5. The summed E-state index contributed by atoms with van der Waals surface area (Å²) in [6.07, 6.45) is 3.47. The molecule has 3 aromatic rings. The number of aromatic nitrogens is 3. The Morgan fingerprint density at radius 2 is 2.04 bits per heavy atom. The number of anilines is 1. The number of hydrogen-bond donors (Lipinski definition) is 1. The van der Waals surface area contributed by atoms with Crippen molar-refractivity contribution in [3.8, 4) is 11.3 Å². The third-order valence-corrected chi connectivity index (χ3v) is 4.66. The second kappa shape index (κ2) is 5.88. The largest absolute Gasteiger partial charge is 0.376 e. The molecule has 24 heavy (non-hydrogen) atoms. The first kappa shape index (κ1) is 16.4. The molecule has 0 aliphatic rings. The molecular weight excluding hydrogens is 326 g/mol. The van der Waals surface area contributed by atoms with Crippen molar-refractivity contribution < 1.29 is 8.42 Å². The topological polar surface area (TPSA) is 94.1 Å². The fourth-order valence-electron chi connectivity index (χ4n) is 2.58. The summed E-state index contributed by atoms with van der Waals surface area (Å²) in [5.74, 6) is 0. The number of nitrogens with two attached hydrogens (primary N) is 1. The summed E-state index contributed by atoms with van der Waals surface area (Å²) in [5.41, 5.74) is 3.07. The number of fused-ring (bicyclic) bond motifs is 1. The lowest BCUT2D eigenvalue weighted by molar-refractivity contribution is 0.570. The highest BCUT2D eigenvalue weighted by molar-refractivity contribution is 7.89. The van der Waals surface area contributed by atoms with Crippen LogP contribution in [0.1, 0.15) is 6.92 Å². The standard InChI is InChI=1S/C16H19N5O2S/c1-4-21-10-14(19-16(21)24(17,22)23)13-7-5-6-11-8-12(20(2)3)9-18-15(11)13/h5-10H,4H2,1-3H3,(H2,17,22,23). The zero-order chi connectivity index (χ0) is 17.5. The van der Waals surface area contributed by atoms with Gasteiger partial charge in [0.05, 0.1) is 23.1 Å². The number of sulfonamides is 1. The normalized spacial score (nSPS) is 11.8. The Balaban J connectivity index is 2.22. The average molecular weight is 345 g/mol. The number of para-hydroxylation sites is 1. The maximum atomic E-state index is 11.7. The van der Waals surface area contributed by atoms with Crippen molar-refractivity contribution in [2.75, 3.05) is 19.0 Å². The summed E-state index contributed by atoms with van der Waals surface area (Å²) in [7, 11) is 0.0256. The highest BCUT2D eigenvalue weighted by Gasteiger charge is 2.19. The second-order valence-corrected chi connectivity index (χ2v) is 7.16. The molecule has 0 unspecified atom stereocenters. The third-order valence-electron chi connectivity index (χ3n) is 3.82. The van der Waals surface area contributed by atoms with Gasteiger partial charge in [0.15, 0.2) is 0 Å². The minimum absolute atomic E-state index is 0.137. The van der Waals surface area contributed by atoms with Crippen LogP contribution in [0.3, 0.4) is 0 Å². The van der Waals surface area contributed by atoms with Crippen molar-refractivity contribution in [1.82, 2.24) is 14.5 Å². The van der Waals surface area contributed by atoms with Crippen LogP contribution in [0.2, 0.25) is 0 Å². The summed E-state index contributed by atoms with van der Waals surface area (Å²) in [6.45, 7) is 2.30. The van der Waals surface area contributed by atoms with Gasteiger partial charge in [-0.3, -0.25) is 4.98 Å². The van der Waals surface area contributed by atoms with Crippen molar-refractivity contribution in [1.29, 1.82) is 0 Å². The number of benzene rings is 1. The van der Waals surface area contributed by atoms with Crippen LogP contribution in [-0.2, 0) is 16.6 Å². The summed E-state index contributed by atoms with van der Waals surface area (Å²) < 4.78 is 25.0. The summed E-state index contributed by atoms with van der Waals surface area (Å²) in [4.78, 5) is 10.7. The Bertz CT molecular complexity index is 1010. The molecule has 3 rings (SSSR count). The zero-order valence-corrected chi connectivity index (χ0v) is 14.6. The van der Waals surface area contributed by atoms with Gasteiger partial charge in [0.2, 0.25) is 5.16 Å². The van der Waals surface area contributed by atoms with E-state index < -0.39 is 10.0 Å². The molecule has 0 spiro atoms. The number of aryl methyl sites for hydroxylation is 1. The molecular formula is C16H19N5O2S. The Hall–Kier alpha value is -2.45. The van der Waals surface area contributed by atoms with Crippen LogP contribution in [0, 0.1) is 0 Å². The third kappa shape index (κ3) is 2.85. The highest BCUT2D eigenvalue weighted by atomic mass is 32.2. The molecule has 0 aliphatic carbocycles. The van der Waals surface area contributed by atoms with E-state index in [0.717, 1.165) is 22.2 Å². The molecule has 126 valence electrons. The van der Waals surface area contributed by atoms with E-state index in [1.54, 1.807) is 12.4 Å². The molecule has 2 aromatic heterocycles. The van der Waals surface area contributed by atoms with Crippen molar-refractivity contribution in [2.24, 2.45) is 5.14 Å². The predicted octanol–water partition coefficient (Wildman–Crippen LogP) is 1.83. The van der Waals surface area contributed by atoms with Gasteiger partial charge in [0, 0.05) is 37.8 Å². The number of primary sulfonamides is 1. The lowest BCUT2D eigenvalue weighted by Crippen LogP contribution is -2.17. The van der Waals surface area contributed by atoms with E-state index in [9.17, 15) is 8.42 Å². The highest BCUT2D eigenvalue weighted by Crippen LogP contribution is 2.29. The molecule has 0 saturated carbocycles. The molecule has 8 heteroatoms. The first-order valence-electron chi connectivity index (χ1n) is 7.47. The van der Waals surface area contributed by atoms with Gasteiger partial charge in [-0.15, -0.1) is 0 Å². The first-order valence-corrected chi connectivity index (χ1v) is 9.02. The van der Waals surface area contributed by atoms with Gasteiger partial charge in [-0.05, 0) is 13.0 Å². The molecule has 1 aromatic carbocycles. The van der Waals surface area contributed by atoms with E-state index in [2.05, 4.69) is 9.97 Å². The summed E-state index contributed by atoms with van der Waals surface area (Å²) in [5, 5.41) is 6.08. The molecule has 0 fully saturated rings. The molecule has 2 N–H and O–H groups in total. The van der Waals surface area contributed by atoms with Crippen LogP contribution in [-0.4, -0.2) is 37.0 Å². The van der Waals surface area contributed by atoms with Crippen LogP contribution in [0.25, 0.3) is 22.2 Å². The van der Waals surface area contributed by atoms with Crippen molar-refractivity contribution >= 4 is 26.6 Å². The maximum Gasteiger partial charge on any atom is 0.272 e. The monoisotopic (exact) mass is 345 g/mol. The van der Waals surface area contributed by atoms with E-state index in [-0.39, 0.29) is 5.16 Å². The van der Waals surface area contributed by atoms with Gasteiger partial charge in [-0.1, -0.05) is 18.2 Å². The molecule has 0 aliphatic heterocycles. The van der Waals surface area contributed by atoms with Gasteiger partial charge < -0.3 is 9.47 Å². The van der Waals surface area contributed by atoms with E-state index in [1.807, 2.05) is 50.2 Å². The Kier molecular flexibility index (Phi) is 4.02. The van der Waals surface area contributed by atoms with Gasteiger partial charge >= 0.3 is 0 Å². The smallest absolute Gasteiger partial charge is 0.272 e. The summed E-state index contributed by atoms with van der Waals surface area (Å²) in [6, 6.07) is 7.78. The Morgan fingerprint density at radius 3 is 2.62 bits per heavy atom. The molecule has 0 saturated heterocycles. The number of pyridine rings is 1.